The highest BCUT2D eigenvalue weighted by molar-refractivity contribution is 7.13. The molecule has 0 bridgehead atoms. The van der Waals surface area contributed by atoms with Gasteiger partial charge < -0.3 is 15.1 Å². The minimum Gasteiger partial charge on any atom is -0.342 e. The second kappa shape index (κ2) is 6.83. The average Bonchev–Trinajstić information content (AvgIpc) is 3.41. The third kappa shape index (κ3) is 3.23. The van der Waals surface area contributed by atoms with Crippen molar-refractivity contribution < 1.29 is 9.59 Å². The molecule has 0 spiro atoms. The summed E-state index contributed by atoms with van der Waals surface area (Å²) in [4.78, 5) is 32.9. The third-order valence-corrected chi connectivity index (χ3v) is 5.56. The van der Waals surface area contributed by atoms with Gasteiger partial charge >= 0.3 is 6.03 Å². The van der Waals surface area contributed by atoms with Crippen molar-refractivity contribution >= 4 is 29.0 Å². The molecule has 4 rings (SSSR count). The smallest absolute Gasteiger partial charge is 0.321 e. The normalized spacial score (nSPS) is 20.2. The van der Waals surface area contributed by atoms with Crippen LogP contribution in [0.5, 0.6) is 0 Å². The second-order valence-corrected chi connectivity index (χ2v) is 7.28. The highest BCUT2D eigenvalue weighted by atomic mass is 32.1. The monoisotopic (exact) mass is 360 g/mol. The SMILES string of the molecule is O=C(Nc1cn[nH]c1-c1nccs1)N1CCC(C(=O)N2CCCC2)C1. The van der Waals surface area contributed by atoms with E-state index in [2.05, 4.69) is 20.5 Å². The van der Waals surface area contributed by atoms with Crippen molar-refractivity contribution in [3.8, 4) is 10.7 Å². The maximum absolute atomic E-state index is 12.6. The van der Waals surface area contributed by atoms with Gasteiger partial charge in [-0.15, -0.1) is 11.3 Å². The standard InChI is InChI=1S/C16H20N6O2S/c23-15(21-5-1-2-6-21)11-3-7-22(10-11)16(24)19-12-9-18-20-13(12)14-17-4-8-25-14/h4,8-9,11H,1-3,5-7,10H2,(H,18,20)(H,19,24). The molecule has 0 aliphatic carbocycles. The number of aromatic nitrogens is 3. The van der Waals surface area contributed by atoms with Gasteiger partial charge in [0.15, 0.2) is 0 Å². The summed E-state index contributed by atoms with van der Waals surface area (Å²) in [6.07, 6.45) is 6.19. The molecular weight excluding hydrogens is 340 g/mol. The molecule has 2 aliphatic heterocycles. The van der Waals surface area contributed by atoms with E-state index in [-0.39, 0.29) is 17.9 Å². The van der Waals surface area contributed by atoms with Crippen LogP contribution < -0.4 is 5.32 Å². The van der Waals surface area contributed by atoms with Gasteiger partial charge in [0.1, 0.15) is 10.7 Å². The van der Waals surface area contributed by atoms with Crippen LogP contribution in [0.4, 0.5) is 10.5 Å². The van der Waals surface area contributed by atoms with E-state index in [0.29, 0.717) is 24.5 Å². The number of urea groups is 1. The van der Waals surface area contributed by atoms with Gasteiger partial charge in [-0.3, -0.25) is 9.89 Å². The molecule has 25 heavy (non-hydrogen) atoms. The lowest BCUT2D eigenvalue weighted by molar-refractivity contribution is -0.133. The molecule has 9 heteroatoms. The Morgan fingerprint density at radius 2 is 2.08 bits per heavy atom. The molecule has 0 saturated carbocycles. The first-order valence-electron chi connectivity index (χ1n) is 8.50. The summed E-state index contributed by atoms with van der Waals surface area (Å²) in [6, 6.07) is -0.198. The van der Waals surface area contributed by atoms with Crippen LogP contribution in [-0.2, 0) is 4.79 Å². The maximum Gasteiger partial charge on any atom is 0.321 e. The molecule has 2 aromatic rings. The number of hydrogen-bond acceptors (Lipinski definition) is 5. The second-order valence-electron chi connectivity index (χ2n) is 6.39. The van der Waals surface area contributed by atoms with Crippen LogP contribution in [0.3, 0.4) is 0 Å². The Labute approximate surface area is 149 Å². The van der Waals surface area contributed by atoms with Crippen LogP contribution in [0.2, 0.25) is 0 Å². The minimum absolute atomic E-state index is 0.0772. The molecule has 1 atom stereocenters. The molecule has 0 aromatic carbocycles. The Hall–Kier alpha value is -2.42. The van der Waals surface area contributed by atoms with Crippen molar-refractivity contribution in [2.75, 3.05) is 31.5 Å². The van der Waals surface area contributed by atoms with E-state index >= 15 is 0 Å². The molecule has 0 radical (unpaired) electrons. The topological polar surface area (TPSA) is 94.2 Å². The number of thiazole rings is 1. The zero-order valence-electron chi connectivity index (χ0n) is 13.8. The Morgan fingerprint density at radius 1 is 1.24 bits per heavy atom. The van der Waals surface area contributed by atoms with Gasteiger partial charge in [-0.25, -0.2) is 9.78 Å². The number of nitrogens with zero attached hydrogens (tertiary/aromatic N) is 4. The number of amides is 3. The fraction of sp³-hybridized carbons (Fsp3) is 0.500. The molecule has 3 amide bonds. The van der Waals surface area contributed by atoms with Crippen molar-refractivity contribution in [3.63, 3.8) is 0 Å². The van der Waals surface area contributed by atoms with E-state index in [1.54, 1.807) is 17.3 Å². The molecule has 2 N–H and O–H groups in total. The molecule has 2 saturated heterocycles. The predicted molar refractivity (Wildman–Crippen MR) is 94.2 cm³/mol. The van der Waals surface area contributed by atoms with Gasteiger partial charge in [0.2, 0.25) is 5.91 Å². The highest BCUT2D eigenvalue weighted by Gasteiger charge is 2.34. The Morgan fingerprint density at radius 3 is 2.84 bits per heavy atom. The van der Waals surface area contributed by atoms with Crippen LogP contribution >= 0.6 is 11.3 Å². The number of H-pyrrole nitrogens is 1. The first-order valence-corrected chi connectivity index (χ1v) is 9.38. The molecule has 2 aromatic heterocycles. The first-order chi connectivity index (χ1) is 12.2. The molecule has 132 valence electrons. The van der Waals surface area contributed by atoms with Crippen molar-refractivity contribution in [2.45, 2.75) is 19.3 Å². The minimum atomic E-state index is -0.198. The summed E-state index contributed by atoms with van der Waals surface area (Å²) >= 11 is 1.48. The Balaban J connectivity index is 1.38. The molecular formula is C16H20N6O2S. The van der Waals surface area contributed by atoms with Crippen molar-refractivity contribution in [3.05, 3.63) is 17.8 Å². The summed E-state index contributed by atoms with van der Waals surface area (Å²) in [5.74, 6) is 0.117. The summed E-state index contributed by atoms with van der Waals surface area (Å²) in [5.41, 5.74) is 1.31. The molecule has 2 fully saturated rings. The number of carbonyl (C=O) groups excluding carboxylic acids is 2. The van der Waals surface area contributed by atoms with E-state index in [4.69, 9.17) is 0 Å². The first kappa shape index (κ1) is 16.1. The molecule has 2 aliphatic rings. The van der Waals surface area contributed by atoms with Gasteiger partial charge in [0.25, 0.3) is 0 Å². The Bertz CT molecular complexity index is 753. The number of rotatable bonds is 3. The van der Waals surface area contributed by atoms with E-state index < -0.39 is 0 Å². The zero-order valence-corrected chi connectivity index (χ0v) is 14.6. The summed E-state index contributed by atoms with van der Waals surface area (Å²) in [7, 11) is 0. The van der Waals surface area contributed by atoms with Gasteiger partial charge in [0.05, 0.1) is 17.8 Å². The van der Waals surface area contributed by atoms with Crippen molar-refractivity contribution in [2.24, 2.45) is 5.92 Å². The molecule has 4 heterocycles. The fourth-order valence-corrected chi connectivity index (χ4v) is 4.07. The lowest BCUT2D eigenvalue weighted by Gasteiger charge is -2.20. The fourth-order valence-electron chi connectivity index (χ4n) is 3.43. The summed E-state index contributed by atoms with van der Waals surface area (Å²) < 4.78 is 0. The van der Waals surface area contributed by atoms with Crippen molar-refractivity contribution in [1.29, 1.82) is 0 Å². The summed E-state index contributed by atoms with van der Waals surface area (Å²) in [6.45, 7) is 2.79. The molecule has 1 unspecified atom stereocenters. The predicted octanol–water partition coefficient (Wildman–Crippen LogP) is 2.01. The van der Waals surface area contributed by atoms with Crippen LogP contribution in [0, 0.1) is 5.92 Å². The number of aromatic amines is 1. The highest BCUT2D eigenvalue weighted by Crippen LogP contribution is 2.28. The van der Waals surface area contributed by atoms with Crippen LogP contribution in [0.15, 0.2) is 17.8 Å². The lowest BCUT2D eigenvalue weighted by atomic mass is 10.1. The van der Waals surface area contributed by atoms with E-state index in [9.17, 15) is 9.59 Å². The Kier molecular flexibility index (Phi) is 4.39. The quantitative estimate of drug-likeness (QED) is 0.875. The molecule has 8 nitrogen and oxygen atoms in total. The zero-order chi connectivity index (χ0) is 17.2. The average molecular weight is 360 g/mol. The summed E-state index contributed by atoms with van der Waals surface area (Å²) in [5, 5.41) is 12.4. The maximum atomic E-state index is 12.6. The van der Waals surface area contributed by atoms with Crippen LogP contribution in [0.25, 0.3) is 10.7 Å². The number of anilines is 1. The lowest BCUT2D eigenvalue weighted by Crippen LogP contribution is -2.37. The number of likely N-dealkylation sites (tertiary alicyclic amines) is 2. The van der Waals surface area contributed by atoms with Gasteiger partial charge in [-0.2, -0.15) is 5.10 Å². The number of hydrogen-bond donors (Lipinski definition) is 2. The largest absolute Gasteiger partial charge is 0.342 e. The number of nitrogens with one attached hydrogen (secondary N) is 2. The van der Waals surface area contributed by atoms with Gasteiger partial charge in [-0.1, -0.05) is 0 Å². The van der Waals surface area contributed by atoms with Gasteiger partial charge in [0, 0.05) is 37.8 Å². The van der Waals surface area contributed by atoms with Crippen LogP contribution in [0.1, 0.15) is 19.3 Å². The van der Waals surface area contributed by atoms with Gasteiger partial charge in [-0.05, 0) is 19.3 Å². The van der Waals surface area contributed by atoms with Crippen LogP contribution in [-0.4, -0.2) is 63.1 Å². The van der Waals surface area contributed by atoms with E-state index in [1.807, 2.05) is 10.3 Å². The third-order valence-electron chi connectivity index (χ3n) is 4.77. The number of carbonyl (C=O) groups is 2. The van der Waals surface area contributed by atoms with E-state index in [1.165, 1.54) is 11.3 Å². The van der Waals surface area contributed by atoms with Crippen molar-refractivity contribution in [1.82, 2.24) is 25.0 Å². The van der Waals surface area contributed by atoms with E-state index in [0.717, 1.165) is 37.4 Å².